The van der Waals surface area contributed by atoms with Crippen molar-refractivity contribution < 1.29 is 0 Å². The Morgan fingerprint density at radius 2 is 2.15 bits per heavy atom. The summed E-state index contributed by atoms with van der Waals surface area (Å²) in [4.78, 5) is 7.16. The van der Waals surface area contributed by atoms with Gasteiger partial charge in [-0.25, -0.2) is 4.98 Å². The van der Waals surface area contributed by atoms with Gasteiger partial charge in [0.15, 0.2) is 0 Å². The summed E-state index contributed by atoms with van der Waals surface area (Å²) < 4.78 is 0. The Bertz CT molecular complexity index is 649. The van der Waals surface area contributed by atoms with Crippen molar-refractivity contribution in [1.82, 2.24) is 4.98 Å². The van der Waals surface area contributed by atoms with Crippen molar-refractivity contribution in [2.75, 3.05) is 11.4 Å². The third-order valence-electron chi connectivity index (χ3n) is 3.66. The highest BCUT2D eigenvalue weighted by atomic mass is 32.1. The molecule has 4 heteroatoms. The normalized spacial score (nSPS) is 13.9. The summed E-state index contributed by atoms with van der Waals surface area (Å²) in [5.41, 5.74) is 10.4. The molecule has 0 bridgehead atoms. The minimum absolute atomic E-state index is 0.388. The van der Waals surface area contributed by atoms with Gasteiger partial charge in [-0.1, -0.05) is 29.9 Å². The number of nitrogens with two attached hydrogens (primary N) is 1. The van der Waals surface area contributed by atoms with Gasteiger partial charge in [-0.05, 0) is 43.5 Å². The first-order chi connectivity index (χ1) is 9.65. The second kappa shape index (κ2) is 5.21. The first-order valence-corrected chi connectivity index (χ1v) is 7.19. The van der Waals surface area contributed by atoms with Gasteiger partial charge in [0.2, 0.25) is 0 Å². The van der Waals surface area contributed by atoms with Crippen LogP contribution in [0.25, 0.3) is 0 Å². The predicted octanol–water partition coefficient (Wildman–Crippen LogP) is 3.11. The van der Waals surface area contributed by atoms with Gasteiger partial charge in [0.05, 0.1) is 0 Å². The van der Waals surface area contributed by atoms with E-state index in [0.717, 1.165) is 30.8 Å². The summed E-state index contributed by atoms with van der Waals surface area (Å²) in [7, 11) is 0. The van der Waals surface area contributed by atoms with Crippen molar-refractivity contribution in [2.45, 2.75) is 19.8 Å². The van der Waals surface area contributed by atoms with Gasteiger partial charge in [-0.15, -0.1) is 0 Å². The molecular formula is C16H17N3S. The molecule has 3 rings (SSSR count). The third kappa shape index (κ3) is 2.39. The number of pyridine rings is 1. The van der Waals surface area contributed by atoms with Crippen molar-refractivity contribution >= 4 is 28.7 Å². The molecular weight excluding hydrogens is 266 g/mol. The molecule has 2 N–H and O–H groups in total. The van der Waals surface area contributed by atoms with Crippen LogP contribution in [0.4, 0.5) is 11.5 Å². The summed E-state index contributed by atoms with van der Waals surface area (Å²) in [6, 6.07) is 10.5. The molecule has 1 aromatic heterocycles. The Labute approximate surface area is 124 Å². The van der Waals surface area contributed by atoms with Crippen molar-refractivity contribution in [1.29, 1.82) is 0 Å². The summed E-state index contributed by atoms with van der Waals surface area (Å²) in [5.74, 6) is 0.954. The van der Waals surface area contributed by atoms with Crippen LogP contribution in [-0.4, -0.2) is 16.5 Å². The molecule has 0 spiro atoms. The molecule has 0 radical (unpaired) electrons. The van der Waals surface area contributed by atoms with Gasteiger partial charge < -0.3 is 10.6 Å². The average molecular weight is 283 g/mol. The zero-order valence-electron chi connectivity index (χ0n) is 11.5. The maximum atomic E-state index is 5.61. The number of hydrogen-bond donors (Lipinski definition) is 1. The highest BCUT2D eigenvalue weighted by Gasteiger charge is 2.19. The molecule has 102 valence electrons. The molecule has 0 atom stereocenters. The fourth-order valence-corrected chi connectivity index (χ4v) is 2.78. The van der Waals surface area contributed by atoms with Crippen molar-refractivity contribution in [3.8, 4) is 0 Å². The first kappa shape index (κ1) is 13.1. The van der Waals surface area contributed by atoms with E-state index in [9.17, 15) is 0 Å². The van der Waals surface area contributed by atoms with Crippen LogP contribution in [-0.2, 0) is 6.42 Å². The molecule has 0 fully saturated rings. The summed E-state index contributed by atoms with van der Waals surface area (Å²) >= 11 is 4.96. The summed E-state index contributed by atoms with van der Waals surface area (Å²) in [6.45, 7) is 3.13. The smallest absolute Gasteiger partial charge is 0.132 e. The van der Waals surface area contributed by atoms with Crippen LogP contribution in [0.1, 0.15) is 23.1 Å². The van der Waals surface area contributed by atoms with Crippen molar-refractivity contribution in [2.24, 2.45) is 5.73 Å². The van der Waals surface area contributed by atoms with E-state index in [2.05, 4.69) is 35.0 Å². The number of benzene rings is 1. The van der Waals surface area contributed by atoms with Crippen LogP contribution in [0.2, 0.25) is 0 Å². The molecule has 20 heavy (non-hydrogen) atoms. The minimum atomic E-state index is 0.388. The predicted molar refractivity (Wildman–Crippen MR) is 86.6 cm³/mol. The van der Waals surface area contributed by atoms with Gasteiger partial charge in [0.1, 0.15) is 10.8 Å². The Hall–Kier alpha value is -1.94. The second-order valence-electron chi connectivity index (χ2n) is 5.16. The first-order valence-electron chi connectivity index (χ1n) is 6.78. The topological polar surface area (TPSA) is 42.1 Å². The third-order valence-corrected chi connectivity index (χ3v) is 3.90. The lowest BCUT2D eigenvalue weighted by Crippen LogP contribution is -2.25. The standard InChI is InChI=1S/C16H17N3S/c1-11-4-6-14-12(9-11)3-2-8-19(14)15-7-5-13(10-18-15)16(17)20/h4-7,9-10H,2-3,8H2,1H3,(H2,17,20). The molecule has 0 unspecified atom stereocenters. The monoisotopic (exact) mass is 283 g/mol. The van der Waals surface area contributed by atoms with E-state index >= 15 is 0 Å². The average Bonchev–Trinajstić information content (AvgIpc) is 2.46. The zero-order valence-corrected chi connectivity index (χ0v) is 12.3. The van der Waals surface area contributed by atoms with Gasteiger partial charge in [0, 0.05) is 24.0 Å². The maximum absolute atomic E-state index is 5.61. The van der Waals surface area contributed by atoms with Crippen LogP contribution in [0.3, 0.4) is 0 Å². The SMILES string of the molecule is Cc1ccc2c(c1)CCCN2c1ccc(C(N)=S)cn1. The molecule has 0 saturated carbocycles. The fraction of sp³-hybridized carbons (Fsp3) is 0.250. The Morgan fingerprint density at radius 1 is 1.30 bits per heavy atom. The van der Waals surface area contributed by atoms with Gasteiger partial charge >= 0.3 is 0 Å². The van der Waals surface area contributed by atoms with Gasteiger partial charge in [0.25, 0.3) is 0 Å². The Balaban J connectivity index is 1.98. The summed E-state index contributed by atoms with van der Waals surface area (Å²) in [6.07, 6.45) is 4.04. The van der Waals surface area contributed by atoms with E-state index < -0.39 is 0 Å². The highest BCUT2D eigenvalue weighted by Crippen LogP contribution is 2.32. The van der Waals surface area contributed by atoms with Gasteiger partial charge in [-0.3, -0.25) is 0 Å². The Kier molecular flexibility index (Phi) is 3.40. The van der Waals surface area contributed by atoms with E-state index in [4.69, 9.17) is 18.0 Å². The second-order valence-corrected chi connectivity index (χ2v) is 5.60. The van der Waals surface area contributed by atoms with E-state index in [-0.39, 0.29) is 0 Å². The van der Waals surface area contributed by atoms with E-state index in [1.54, 1.807) is 6.20 Å². The van der Waals surface area contributed by atoms with Crippen LogP contribution in [0.5, 0.6) is 0 Å². The van der Waals surface area contributed by atoms with Gasteiger partial charge in [-0.2, -0.15) is 0 Å². The van der Waals surface area contributed by atoms with Crippen molar-refractivity contribution in [3.63, 3.8) is 0 Å². The lowest BCUT2D eigenvalue weighted by molar-refractivity contribution is 0.759. The quantitative estimate of drug-likeness (QED) is 0.860. The zero-order chi connectivity index (χ0) is 14.1. The maximum Gasteiger partial charge on any atom is 0.132 e. The van der Waals surface area contributed by atoms with E-state index in [1.807, 2.05) is 12.1 Å². The van der Waals surface area contributed by atoms with E-state index in [1.165, 1.54) is 16.8 Å². The van der Waals surface area contributed by atoms with Crippen LogP contribution < -0.4 is 10.6 Å². The van der Waals surface area contributed by atoms with Crippen LogP contribution >= 0.6 is 12.2 Å². The largest absolute Gasteiger partial charge is 0.389 e. The minimum Gasteiger partial charge on any atom is -0.389 e. The molecule has 0 aliphatic carbocycles. The summed E-state index contributed by atoms with van der Waals surface area (Å²) in [5, 5.41) is 0. The number of aromatic nitrogens is 1. The lowest BCUT2D eigenvalue weighted by Gasteiger charge is -2.30. The molecule has 0 saturated heterocycles. The molecule has 0 amide bonds. The number of aryl methyl sites for hydroxylation is 2. The molecule has 1 aromatic carbocycles. The van der Waals surface area contributed by atoms with Crippen LogP contribution in [0, 0.1) is 6.92 Å². The van der Waals surface area contributed by atoms with E-state index in [0.29, 0.717) is 4.99 Å². The molecule has 1 aliphatic rings. The molecule has 2 aromatic rings. The van der Waals surface area contributed by atoms with Crippen molar-refractivity contribution in [3.05, 3.63) is 53.2 Å². The number of hydrogen-bond acceptors (Lipinski definition) is 3. The number of fused-ring (bicyclic) bond motifs is 1. The molecule has 1 aliphatic heterocycles. The highest BCUT2D eigenvalue weighted by molar-refractivity contribution is 7.80. The number of nitrogens with zero attached hydrogens (tertiary/aromatic N) is 2. The molecule has 2 heterocycles. The number of rotatable bonds is 2. The fourth-order valence-electron chi connectivity index (χ4n) is 2.66. The molecule has 3 nitrogen and oxygen atoms in total. The Morgan fingerprint density at radius 3 is 2.85 bits per heavy atom. The lowest BCUT2D eigenvalue weighted by atomic mass is 9.99. The van der Waals surface area contributed by atoms with Crippen LogP contribution in [0.15, 0.2) is 36.5 Å². The number of anilines is 2. The number of thiocarbonyl (C=S) groups is 1.